The van der Waals surface area contributed by atoms with Gasteiger partial charge < -0.3 is 15.4 Å². The Hall–Kier alpha value is -4.16. The number of amides is 1. The van der Waals surface area contributed by atoms with Gasteiger partial charge in [0.1, 0.15) is 22.9 Å². The van der Waals surface area contributed by atoms with Gasteiger partial charge in [0.2, 0.25) is 0 Å². The first-order valence-electron chi connectivity index (χ1n) is 9.88. The maximum atomic E-state index is 13.8. The first kappa shape index (κ1) is 23.0. The fourth-order valence-electron chi connectivity index (χ4n) is 3.72. The minimum absolute atomic E-state index is 0.00858. The zero-order chi connectivity index (χ0) is 24.6. The molecule has 1 aliphatic heterocycles. The summed E-state index contributed by atoms with van der Waals surface area (Å²) in [5.41, 5.74) is -0.142. The molecule has 0 aliphatic carbocycles. The smallest absolute Gasteiger partial charge is 0.410 e. The van der Waals surface area contributed by atoms with Crippen molar-refractivity contribution in [2.24, 2.45) is 0 Å². The van der Waals surface area contributed by atoms with Crippen LogP contribution in [0.3, 0.4) is 0 Å². The summed E-state index contributed by atoms with van der Waals surface area (Å²) in [6.07, 6.45) is -4.10. The standard InChI is InChI=1S/C21H17F4N5O4/c1-34-15-7-13(6-14(8-15)30(32)33)27-20(31)16-10-26-29-18(21(23,24)25)9-17(28-19(16)29)11-2-4-12(22)5-3-11/h2-8,10,17-18,28H,9H2,1H3,(H,27,31)/t17-,18-/m1/s1. The number of rotatable bonds is 5. The van der Waals surface area contributed by atoms with Gasteiger partial charge in [-0.2, -0.15) is 18.3 Å². The lowest BCUT2D eigenvalue weighted by atomic mass is 9.96. The largest absolute Gasteiger partial charge is 0.496 e. The number of methoxy groups -OCH3 is 1. The highest BCUT2D eigenvalue weighted by Gasteiger charge is 2.47. The Morgan fingerprint density at radius 1 is 1.26 bits per heavy atom. The van der Waals surface area contributed by atoms with E-state index in [0.717, 1.165) is 30.5 Å². The van der Waals surface area contributed by atoms with Gasteiger partial charge in [-0.25, -0.2) is 9.07 Å². The Labute approximate surface area is 189 Å². The van der Waals surface area contributed by atoms with Crippen LogP contribution in [0.5, 0.6) is 5.75 Å². The zero-order valence-corrected chi connectivity index (χ0v) is 17.5. The number of anilines is 2. The van der Waals surface area contributed by atoms with E-state index in [9.17, 15) is 32.5 Å². The number of alkyl halides is 3. The van der Waals surface area contributed by atoms with Crippen LogP contribution in [0.2, 0.25) is 0 Å². The average molecular weight is 479 g/mol. The number of nitro groups is 1. The van der Waals surface area contributed by atoms with Crippen molar-refractivity contribution in [3.05, 3.63) is 75.7 Å². The number of halogens is 4. The van der Waals surface area contributed by atoms with Gasteiger partial charge in [0, 0.05) is 18.6 Å². The van der Waals surface area contributed by atoms with E-state index >= 15 is 0 Å². The summed E-state index contributed by atoms with van der Waals surface area (Å²) in [5, 5.41) is 20.2. The molecule has 178 valence electrons. The molecule has 1 aliphatic rings. The summed E-state index contributed by atoms with van der Waals surface area (Å²) >= 11 is 0. The first-order valence-corrected chi connectivity index (χ1v) is 9.88. The maximum absolute atomic E-state index is 13.8. The zero-order valence-electron chi connectivity index (χ0n) is 17.5. The van der Waals surface area contributed by atoms with Crippen molar-refractivity contribution in [2.45, 2.75) is 24.7 Å². The Morgan fingerprint density at radius 3 is 2.59 bits per heavy atom. The van der Waals surface area contributed by atoms with Gasteiger partial charge in [-0.15, -0.1) is 0 Å². The molecular formula is C21H17F4N5O4. The molecule has 0 fully saturated rings. The maximum Gasteiger partial charge on any atom is 0.410 e. The van der Waals surface area contributed by atoms with Crippen molar-refractivity contribution in [1.29, 1.82) is 0 Å². The predicted molar refractivity (Wildman–Crippen MR) is 112 cm³/mol. The summed E-state index contributed by atoms with van der Waals surface area (Å²) in [7, 11) is 1.29. The van der Waals surface area contributed by atoms with E-state index < -0.39 is 41.3 Å². The first-order chi connectivity index (χ1) is 16.1. The number of ether oxygens (including phenoxy) is 1. The van der Waals surface area contributed by atoms with E-state index in [1.54, 1.807) is 0 Å². The highest BCUT2D eigenvalue weighted by Crippen LogP contribution is 2.44. The van der Waals surface area contributed by atoms with Crippen molar-refractivity contribution in [3.63, 3.8) is 0 Å². The molecule has 9 nitrogen and oxygen atoms in total. The number of aromatic nitrogens is 2. The van der Waals surface area contributed by atoms with Crippen molar-refractivity contribution >= 4 is 23.1 Å². The number of carbonyl (C=O) groups excluding carboxylic acids is 1. The molecule has 1 amide bonds. The Kier molecular flexibility index (Phi) is 5.85. The number of fused-ring (bicyclic) bond motifs is 1. The summed E-state index contributed by atoms with van der Waals surface area (Å²) in [4.78, 5) is 23.4. The van der Waals surface area contributed by atoms with Crippen LogP contribution in [0.1, 0.15) is 34.4 Å². The lowest BCUT2D eigenvalue weighted by molar-refractivity contribution is -0.384. The van der Waals surface area contributed by atoms with Gasteiger partial charge in [0.05, 0.1) is 36.0 Å². The molecule has 34 heavy (non-hydrogen) atoms. The van der Waals surface area contributed by atoms with Crippen LogP contribution in [-0.2, 0) is 0 Å². The minimum atomic E-state index is -4.66. The number of nitro benzene ring substituents is 1. The molecule has 0 saturated carbocycles. The van der Waals surface area contributed by atoms with Gasteiger partial charge >= 0.3 is 6.18 Å². The average Bonchev–Trinajstić information content (AvgIpc) is 3.22. The second-order valence-electron chi connectivity index (χ2n) is 7.52. The highest BCUT2D eigenvalue weighted by molar-refractivity contribution is 6.07. The molecule has 3 aromatic rings. The topological polar surface area (TPSA) is 111 Å². The molecule has 2 aromatic carbocycles. The lowest BCUT2D eigenvalue weighted by Crippen LogP contribution is -2.36. The molecule has 13 heteroatoms. The van der Waals surface area contributed by atoms with Crippen molar-refractivity contribution in [1.82, 2.24) is 9.78 Å². The second kappa shape index (κ2) is 8.65. The second-order valence-corrected chi connectivity index (χ2v) is 7.52. The third-order valence-corrected chi connectivity index (χ3v) is 5.35. The van der Waals surface area contributed by atoms with Crippen molar-refractivity contribution < 1.29 is 32.0 Å². The number of carbonyl (C=O) groups is 1. The van der Waals surface area contributed by atoms with E-state index in [4.69, 9.17) is 4.74 Å². The SMILES string of the molecule is COc1cc(NC(=O)c2cnn3c2N[C@@H](c2ccc(F)cc2)C[C@@H]3C(F)(F)F)cc([N+](=O)[O-])c1. The van der Waals surface area contributed by atoms with Gasteiger partial charge in [-0.3, -0.25) is 14.9 Å². The van der Waals surface area contributed by atoms with Gasteiger partial charge in [-0.05, 0) is 17.7 Å². The third kappa shape index (κ3) is 4.49. The van der Waals surface area contributed by atoms with Gasteiger partial charge in [0.25, 0.3) is 11.6 Å². The van der Waals surface area contributed by atoms with Gasteiger partial charge in [0.15, 0.2) is 6.04 Å². The molecule has 0 radical (unpaired) electrons. The third-order valence-electron chi connectivity index (χ3n) is 5.35. The Bertz CT molecular complexity index is 1240. The van der Waals surface area contributed by atoms with E-state index in [0.29, 0.717) is 10.2 Å². The summed E-state index contributed by atoms with van der Waals surface area (Å²) in [6, 6.07) is 5.66. The van der Waals surface area contributed by atoms with Gasteiger partial charge in [-0.1, -0.05) is 12.1 Å². The number of nitrogens with zero attached hydrogens (tertiary/aromatic N) is 3. The molecule has 0 saturated heterocycles. The van der Waals surface area contributed by atoms with E-state index in [1.807, 2.05) is 0 Å². The fraction of sp³-hybridized carbons (Fsp3) is 0.238. The highest BCUT2D eigenvalue weighted by atomic mass is 19.4. The molecule has 0 unspecified atom stereocenters. The fourth-order valence-corrected chi connectivity index (χ4v) is 3.72. The molecule has 4 rings (SSSR count). The molecular weight excluding hydrogens is 462 g/mol. The van der Waals surface area contributed by atoms with Crippen LogP contribution in [0.4, 0.5) is 34.8 Å². The number of non-ortho nitro benzene ring substituents is 1. The normalized spacial score (nSPS) is 17.4. The number of benzene rings is 2. The monoisotopic (exact) mass is 479 g/mol. The van der Waals surface area contributed by atoms with Crippen LogP contribution in [-0.4, -0.2) is 33.9 Å². The molecule has 2 atom stereocenters. The molecule has 0 spiro atoms. The number of hydrogen-bond donors (Lipinski definition) is 2. The number of nitrogens with one attached hydrogen (secondary N) is 2. The van der Waals surface area contributed by atoms with Crippen LogP contribution in [0.25, 0.3) is 0 Å². The quantitative estimate of drug-likeness (QED) is 0.307. The van der Waals surface area contributed by atoms with E-state index in [-0.39, 0.29) is 28.5 Å². The van der Waals surface area contributed by atoms with Crippen LogP contribution < -0.4 is 15.4 Å². The predicted octanol–water partition coefficient (Wildman–Crippen LogP) is 4.85. The Balaban J connectivity index is 1.69. The van der Waals surface area contributed by atoms with Crippen LogP contribution in [0, 0.1) is 15.9 Å². The summed E-state index contributed by atoms with van der Waals surface area (Å²) in [5.74, 6) is -1.45. The minimum Gasteiger partial charge on any atom is -0.496 e. The van der Waals surface area contributed by atoms with E-state index in [2.05, 4.69) is 15.7 Å². The molecule has 0 bridgehead atoms. The lowest BCUT2D eigenvalue weighted by Gasteiger charge is -2.34. The van der Waals surface area contributed by atoms with Crippen molar-refractivity contribution in [2.75, 3.05) is 17.7 Å². The summed E-state index contributed by atoms with van der Waals surface area (Å²) < 4.78 is 60.4. The molecule has 2 N–H and O–H groups in total. The van der Waals surface area contributed by atoms with Crippen molar-refractivity contribution in [3.8, 4) is 5.75 Å². The Morgan fingerprint density at radius 2 is 1.97 bits per heavy atom. The molecule has 1 aromatic heterocycles. The number of hydrogen-bond acceptors (Lipinski definition) is 6. The van der Waals surface area contributed by atoms with Crippen LogP contribution in [0.15, 0.2) is 48.7 Å². The van der Waals surface area contributed by atoms with E-state index in [1.165, 1.54) is 25.3 Å². The van der Waals surface area contributed by atoms with Crippen LogP contribution >= 0.6 is 0 Å². The molecule has 2 heterocycles. The summed E-state index contributed by atoms with van der Waals surface area (Å²) in [6.45, 7) is 0.